The van der Waals surface area contributed by atoms with Crippen LogP contribution in [0.3, 0.4) is 0 Å². The van der Waals surface area contributed by atoms with E-state index >= 15 is 0 Å². The van der Waals surface area contributed by atoms with Gasteiger partial charge in [-0.2, -0.15) is 5.10 Å². The van der Waals surface area contributed by atoms with Crippen molar-refractivity contribution in [3.63, 3.8) is 0 Å². The van der Waals surface area contributed by atoms with E-state index in [4.69, 9.17) is 0 Å². The standard InChI is InChI=1S/C15H20FN5/c1-17-15(18-7-6-13-10-20-21(2)11-13)19-9-12-4-3-5-14(16)8-12/h3-5,8,10-11H,6-7,9H2,1-2H3,(H2,17,18,19). The Morgan fingerprint density at radius 2 is 2.19 bits per heavy atom. The second kappa shape index (κ2) is 7.42. The van der Waals surface area contributed by atoms with Crippen molar-refractivity contribution in [2.24, 2.45) is 12.0 Å². The highest BCUT2D eigenvalue weighted by molar-refractivity contribution is 5.79. The number of guanidine groups is 1. The van der Waals surface area contributed by atoms with Crippen LogP contribution in [-0.2, 0) is 20.0 Å². The smallest absolute Gasteiger partial charge is 0.191 e. The molecule has 0 aliphatic rings. The van der Waals surface area contributed by atoms with Gasteiger partial charge >= 0.3 is 0 Å². The molecule has 2 N–H and O–H groups in total. The first-order chi connectivity index (χ1) is 10.2. The third kappa shape index (κ3) is 4.91. The van der Waals surface area contributed by atoms with Crippen molar-refractivity contribution in [2.45, 2.75) is 13.0 Å². The maximum absolute atomic E-state index is 13.1. The summed E-state index contributed by atoms with van der Waals surface area (Å²) in [7, 11) is 3.61. The van der Waals surface area contributed by atoms with Crippen LogP contribution in [0, 0.1) is 5.82 Å². The molecule has 0 radical (unpaired) electrons. The van der Waals surface area contributed by atoms with Crippen LogP contribution in [0.5, 0.6) is 0 Å². The average Bonchev–Trinajstić information content (AvgIpc) is 2.88. The number of hydrogen-bond donors (Lipinski definition) is 2. The third-order valence-corrected chi connectivity index (χ3v) is 3.04. The van der Waals surface area contributed by atoms with E-state index < -0.39 is 0 Å². The van der Waals surface area contributed by atoms with Gasteiger partial charge in [-0.15, -0.1) is 0 Å². The lowest BCUT2D eigenvalue weighted by molar-refractivity contribution is 0.624. The van der Waals surface area contributed by atoms with Gasteiger partial charge in [-0.1, -0.05) is 12.1 Å². The predicted molar refractivity (Wildman–Crippen MR) is 81.5 cm³/mol. The number of halogens is 1. The summed E-state index contributed by atoms with van der Waals surface area (Å²) < 4.78 is 14.9. The van der Waals surface area contributed by atoms with Crippen molar-refractivity contribution in [3.8, 4) is 0 Å². The number of benzene rings is 1. The number of rotatable bonds is 5. The molecule has 0 atom stereocenters. The van der Waals surface area contributed by atoms with Gasteiger partial charge in [-0.3, -0.25) is 9.67 Å². The van der Waals surface area contributed by atoms with Crippen molar-refractivity contribution in [3.05, 3.63) is 53.6 Å². The Bertz CT molecular complexity index is 606. The monoisotopic (exact) mass is 289 g/mol. The van der Waals surface area contributed by atoms with Crippen molar-refractivity contribution < 1.29 is 4.39 Å². The molecule has 0 saturated carbocycles. The van der Waals surface area contributed by atoms with Gasteiger partial charge in [0.1, 0.15) is 5.82 Å². The summed E-state index contributed by atoms with van der Waals surface area (Å²) in [4.78, 5) is 4.14. The SMILES string of the molecule is CN=C(NCCc1cnn(C)c1)NCc1cccc(F)c1. The maximum atomic E-state index is 13.1. The molecule has 0 amide bonds. The minimum absolute atomic E-state index is 0.228. The van der Waals surface area contributed by atoms with E-state index in [1.165, 1.54) is 17.7 Å². The predicted octanol–water partition coefficient (Wildman–Crippen LogP) is 1.47. The second-order valence-corrected chi connectivity index (χ2v) is 4.75. The number of aryl methyl sites for hydroxylation is 1. The molecule has 0 unspecified atom stereocenters. The molecule has 1 heterocycles. The highest BCUT2D eigenvalue weighted by Gasteiger charge is 2.00. The number of nitrogens with zero attached hydrogens (tertiary/aromatic N) is 3. The molecule has 6 heteroatoms. The Morgan fingerprint density at radius 1 is 1.33 bits per heavy atom. The molecule has 5 nitrogen and oxygen atoms in total. The Morgan fingerprint density at radius 3 is 2.86 bits per heavy atom. The molecule has 1 aromatic carbocycles. The van der Waals surface area contributed by atoms with E-state index in [9.17, 15) is 4.39 Å². The molecule has 1 aromatic heterocycles. The first kappa shape index (κ1) is 15.0. The van der Waals surface area contributed by atoms with Gasteiger partial charge in [0.25, 0.3) is 0 Å². The molecule has 0 aliphatic carbocycles. The highest BCUT2D eigenvalue weighted by Crippen LogP contribution is 2.02. The van der Waals surface area contributed by atoms with E-state index in [1.54, 1.807) is 17.8 Å². The summed E-state index contributed by atoms with van der Waals surface area (Å²) in [5, 5.41) is 10.5. The van der Waals surface area contributed by atoms with Gasteiger partial charge in [-0.25, -0.2) is 4.39 Å². The fourth-order valence-electron chi connectivity index (χ4n) is 1.98. The summed E-state index contributed by atoms with van der Waals surface area (Å²) in [5.74, 6) is 0.469. The molecule has 0 saturated heterocycles. The fourth-order valence-corrected chi connectivity index (χ4v) is 1.98. The van der Waals surface area contributed by atoms with Gasteiger partial charge in [0.05, 0.1) is 6.20 Å². The number of aliphatic imine (C=N–C) groups is 1. The third-order valence-electron chi connectivity index (χ3n) is 3.04. The Hall–Kier alpha value is -2.37. The molecule has 112 valence electrons. The molecule has 0 spiro atoms. The van der Waals surface area contributed by atoms with Crippen molar-refractivity contribution in [1.29, 1.82) is 0 Å². The van der Waals surface area contributed by atoms with Crippen LogP contribution < -0.4 is 10.6 Å². The zero-order valence-corrected chi connectivity index (χ0v) is 12.3. The Balaban J connectivity index is 1.76. The van der Waals surface area contributed by atoms with Crippen LogP contribution >= 0.6 is 0 Å². The second-order valence-electron chi connectivity index (χ2n) is 4.75. The molecule has 2 aromatic rings. The maximum Gasteiger partial charge on any atom is 0.191 e. The molecule has 0 bridgehead atoms. The van der Waals surface area contributed by atoms with Crippen LogP contribution in [0.2, 0.25) is 0 Å². The molecule has 2 rings (SSSR count). The van der Waals surface area contributed by atoms with Gasteiger partial charge in [-0.05, 0) is 29.7 Å². The number of nitrogens with one attached hydrogen (secondary N) is 2. The molecule has 21 heavy (non-hydrogen) atoms. The number of hydrogen-bond acceptors (Lipinski definition) is 2. The Kier molecular flexibility index (Phi) is 5.31. The highest BCUT2D eigenvalue weighted by atomic mass is 19.1. The van der Waals surface area contributed by atoms with Crippen LogP contribution in [0.1, 0.15) is 11.1 Å². The van der Waals surface area contributed by atoms with Crippen LogP contribution in [0.15, 0.2) is 41.7 Å². The first-order valence-electron chi connectivity index (χ1n) is 6.84. The van der Waals surface area contributed by atoms with Gasteiger partial charge in [0.2, 0.25) is 0 Å². The van der Waals surface area contributed by atoms with E-state index in [0.717, 1.165) is 18.5 Å². The lowest BCUT2D eigenvalue weighted by atomic mass is 10.2. The minimum Gasteiger partial charge on any atom is -0.356 e. The molecular weight excluding hydrogens is 269 g/mol. The molecule has 0 aliphatic heterocycles. The summed E-state index contributed by atoms with van der Waals surface area (Å²) in [5.41, 5.74) is 2.05. The topological polar surface area (TPSA) is 54.2 Å². The van der Waals surface area contributed by atoms with E-state index in [1.807, 2.05) is 25.5 Å². The molecular formula is C15H20FN5. The number of aromatic nitrogens is 2. The molecule has 0 fully saturated rings. The normalized spacial score (nSPS) is 11.5. The van der Waals surface area contributed by atoms with Crippen LogP contribution in [0.4, 0.5) is 4.39 Å². The summed E-state index contributed by atoms with van der Waals surface area (Å²) >= 11 is 0. The van der Waals surface area contributed by atoms with Crippen LogP contribution in [0.25, 0.3) is 0 Å². The van der Waals surface area contributed by atoms with Crippen LogP contribution in [-0.4, -0.2) is 29.3 Å². The first-order valence-corrected chi connectivity index (χ1v) is 6.84. The summed E-state index contributed by atoms with van der Waals surface area (Å²) in [6.07, 6.45) is 4.71. The Labute approximate surface area is 123 Å². The van der Waals surface area contributed by atoms with Gasteiger partial charge in [0, 0.05) is 33.4 Å². The van der Waals surface area contributed by atoms with Gasteiger partial charge in [0.15, 0.2) is 5.96 Å². The fraction of sp³-hybridized carbons (Fsp3) is 0.333. The van der Waals surface area contributed by atoms with Crippen molar-refractivity contribution in [1.82, 2.24) is 20.4 Å². The minimum atomic E-state index is -0.228. The zero-order chi connectivity index (χ0) is 15.1. The van der Waals surface area contributed by atoms with Gasteiger partial charge < -0.3 is 10.6 Å². The summed E-state index contributed by atoms with van der Waals surface area (Å²) in [6, 6.07) is 6.52. The lowest BCUT2D eigenvalue weighted by Crippen LogP contribution is -2.37. The van der Waals surface area contributed by atoms with E-state index in [2.05, 4.69) is 20.7 Å². The lowest BCUT2D eigenvalue weighted by Gasteiger charge is -2.11. The average molecular weight is 289 g/mol. The van der Waals surface area contributed by atoms with E-state index in [-0.39, 0.29) is 5.82 Å². The zero-order valence-electron chi connectivity index (χ0n) is 12.3. The largest absolute Gasteiger partial charge is 0.356 e. The van der Waals surface area contributed by atoms with Crippen molar-refractivity contribution >= 4 is 5.96 Å². The van der Waals surface area contributed by atoms with Crippen molar-refractivity contribution in [2.75, 3.05) is 13.6 Å². The van der Waals surface area contributed by atoms with E-state index in [0.29, 0.717) is 12.5 Å². The quantitative estimate of drug-likeness (QED) is 0.647. The summed E-state index contributed by atoms with van der Waals surface area (Å²) in [6.45, 7) is 1.29.